The Labute approximate surface area is 144 Å². The van der Waals surface area contributed by atoms with E-state index in [1.165, 1.54) is 21.1 Å². The third-order valence-corrected chi connectivity index (χ3v) is 3.96. The number of hydrogen-bond acceptors (Lipinski definition) is 7. The number of aliphatic hydroxyl groups excluding tert-OH is 1. The van der Waals surface area contributed by atoms with E-state index in [0.717, 1.165) is 4.90 Å². The van der Waals surface area contributed by atoms with E-state index in [2.05, 4.69) is 0 Å². The Morgan fingerprint density at radius 1 is 1.24 bits per heavy atom. The van der Waals surface area contributed by atoms with Crippen LogP contribution < -0.4 is 14.6 Å². The fourth-order valence-corrected chi connectivity index (χ4v) is 2.82. The van der Waals surface area contributed by atoms with E-state index >= 15 is 0 Å². The third-order valence-electron chi connectivity index (χ3n) is 3.96. The van der Waals surface area contributed by atoms with Gasteiger partial charge in [0.05, 0.1) is 25.8 Å². The maximum absolute atomic E-state index is 12.3. The van der Waals surface area contributed by atoms with Crippen LogP contribution in [0.1, 0.15) is 24.9 Å². The summed E-state index contributed by atoms with van der Waals surface area (Å²) >= 11 is 0. The molecular formula is C17H18NO7-. The van der Waals surface area contributed by atoms with Crippen LogP contribution in [-0.4, -0.2) is 48.4 Å². The standard InChI is InChI=1S/C17H19NO7/c1-9(19)14-15(10-4-5-11(24-2)12(8-10)25-3)18(7-6-13(20)21)17(23)16(14)22/h4-5,8,15,22H,6-7H2,1-3H3,(H,20,21)/p-1/t15-/m1/s1. The van der Waals surface area contributed by atoms with Crippen LogP contribution in [0.25, 0.3) is 0 Å². The molecule has 0 saturated heterocycles. The first-order chi connectivity index (χ1) is 11.8. The van der Waals surface area contributed by atoms with E-state index in [1.54, 1.807) is 18.2 Å². The van der Waals surface area contributed by atoms with Crippen LogP contribution >= 0.6 is 0 Å². The van der Waals surface area contributed by atoms with Crippen LogP contribution in [0.4, 0.5) is 0 Å². The van der Waals surface area contributed by atoms with Gasteiger partial charge in [-0.25, -0.2) is 0 Å². The van der Waals surface area contributed by atoms with E-state index < -0.39 is 35.9 Å². The molecule has 0 saturated carbocycles. The molecule has 1 aromatic carbocycles. The smallest absolute Gasteiger partial charge is 0.290 e. The highest BCUT2D eigenvalue weighted by atomic mass is 16.5. The quantitative estimate of drug-likeness (QED) is 0.744. The molecule has 8 heteroatoms. The molecule has 25 heavy (non-hydrogen) atoms. The zero-order valence-electron chi connectivity index (χ0n) is 14.1. The van der Waals surface area contributed by atoms with Crippen LogP contribution in [0.5, 0.6) is 11.5 Å². The van der Waals surface area contributed by atoms with Crippen LogP contribution in [0.15, 0.2) is 29.5 Å². The molecule has 2 rings (SSSR count). The Morgan fingerprint density at radius 3 is 2.40 bits per heavy atom. The number of aliphatic hydroxyl groups is 1. The van der Waals surface area contributed by atoms with Gasteiger partial charge in [-0.05, 0) is 24.6 Å². The number of carbonyl (C=O) groups excluding carboxylic acids is 3. The Kier molecular flexibility index (Phi) is 5.31. The minimum atomic E-state index is -1.34. The van der Waals surface area contributed by atoms with E-state index in [0.29, 0.717) is 17.1 Å². The van der Waals surface area contributed by atoms with Gasteiger partial charge in [0.1, 0.15) is 0 Å². The summed E-state index contributed by atoms with van der Waals surface area (Å²) < 4.78 is 10.4. The number of methoxy groups -OCH3 is 2. The molecule has 1 N–H and O–H groups in total. The van der Waals surface area contributed by atoms with E-state index in [4.69, 9.17) is 9.47 Å². The first-order valence-corrected chi connectivity index (χ1v) is 7.48. The Balaban J connectivity index is 2.52. The molecule has 1 aliphatic rings. The summed E-state index contributed by atoms with van der Waals surface area (Å²) in [6.07, 6.45) is -0.423. The van der Waals surface area contributed by atoms with Gasteiger partial charge in [0.2, 0.25) is 0 Å². The molecule has 0 bridgehead atoms. The van der Waals surface area contributed by atoms with E-state index in [9.17, 15) is 24.6 Å². The van der Waals surface area contributed by atoms with Crippen molar-refractivity contribution < 1.29 is 34.1 Å². The van der Waals surface area contributed by atoms with Gasteiger partial charge in [-0.15, -0.1) is 0 Å². The highest BCUT2D eigenvalue weighted by Gasteiger charge is 2.42. The topological polar surface area (TPSA) is 116 Å². The number of rotatable bonds is 7. The maximum atomic E-state index is 12.3. The number of carboxylic acid groups (broad SMARTS) is 1. The Bertz CT molecular complexity index is 753. The summed E-state index contributed by atoms with van der Waals surface area (Å²) in [4.78, 5) is 36.1. The number of carboxylic acids is 1. The molecule has 134 valence electrons. The first kappa shape index (κ1) is 18.3. The number of aliphatic carboxylic acids is 1. The summed E-state index contributed by atoms with van der Waals surface area (Å²) in [5.74, 6) is -2.47. The second-order valence-electron chi connectivity index (χ2n) is 5.46. The van der Waals surface area contributed by atoms with Gasteiger partial charge in [-0.3, -0.25) is 9.59 Å². The molecule has 0 aromatic heterocycles. The van der Waals surface area contributed by atoms with E-state index in [-0.39, 0.29) is 12.1 Å². The van der Waals surface area contributed by atoms with Gasteiger partial charge in [-0.1, -0.05) is 6.07 Å². The average Bonchev–Trinajstić information content (AvgIpc) is 2.83. The van der Waals surface area contributed by atoms with Crippen molar-refractivity contribution in [3.8, 4) is 11.5 Å². The SMILES string of the molecule is COc1ccc([C@@H]2C(C(C)=O)=C(O)C(=O)N2CCC(=O)[O-])cc1OC. The van der Waals surface area contributed by atoms with E-state index in [1.807, 2.05) is 0 Å². The minimum absolute atomic E-state index is 0.0874. The molecule has 1 aliphatic heterocycles. The summed E-state index contributed by atoms with van der Waals surface area (Å²) in [7, 11) is 2.91. The minimum Gasteiger partial charge on any atom is -0.550 e. The molecule has 0 aliphatic carbocycles. The second kappa shape index (κ2) is 7.25. The predicted molar refractivity (Wildman–Crippen MR) is 84.0 cm³/mol. The lowest BCUT2D eigenvalue weighted by Crippen LogP contribution is -2.35. The number of ketones is 1. The fraction of sp³-hybridized carbons (Fsp3) is 0.353. The molecule has 0 fully saturated rings. The maximum Gasteiger partial charge on any atom is 0.290 e. The summed E-state index contributed by atoms with van der Waals surface area (Å²) in [6, 6.07) is 3.88. The fourth-order valence-electron chi connectivity index (χ4n) is 2.82. The number of carbonyl (C=O) groups is 3. The van der Waals surface area contributed by atoms with Crippen molar-refractivity contribution in [3.05, 3.63) is 35.1 Å². The lowest BCUT2D eigenvalue weighted by atomic mass is 9.96. The molecule has 1 amide bonds. The highest BCUT2D eigenvalue weighted by Crippen LogP contribution is 2.40. The zero-order valence-corrected chi connectivity index (χ0v) is 14.1. The molecule has 0 spiro atoms. The number of hydrogen-bond donors (Lipinski definition) is 1. The van der Waals surface area contributed by atoms with Gasteiger partial charge in [0.25, 0.3) is 5.91 Å². The van der Waals surface area contributed by atoms with Crippen molar-refractivity contribution in [1.82, 2.24) is 4.90 Å². The number of Topliss-reactive ketones (excluding diaryl/α,β-unsaturated/α-hetero) is 1. The van der Waals surface area contributed by atoms with Crippen molar-refractivity contribution in [2.24, 2.45) is 0 Å². The zero-order chi connectivity index (χ0) is 18.7. The van der Waals surface area contributed by atoms with Gasteiger partial charge in [0.15, 0.2) is 23.0 Å². The Morgan fingerprint density at radius 2 is 1.88 bits per heavy atom. The summed E-state index contributed by atoms with van der Waals surface area (Å²) in [6.45, 7) is 1.02. The number of ether oxygens (including phenoxy) is 2. The predicted octanol–water partition coefficient (Wildman–Crippen LogP) is 0.128. The van der Waals surface area contributed by atoms with Crippen molar-refractivity contribution in [1.29, 1.82) is 0 Å². The van der Waals surface area contributed by atoms with Gasteiger partial charge < -0.3 is 29.4 Å². The lowest BCUT2D eigenvalue weighted by Gasteiger charge is -2.27. The molecule has 0 unspecified atom stereocenters. The normalized spacial score (nSPS) is 17.0. The third kappa shape index (κ3) is 3.42. The van der Waals surface area contributed by atoms with Crippen molar-refractivity contribution in [3.63, 3.8) is 0 Å². The van der Waals surface area contributed by atoms with Crippen LogP contribution in [-0.2, 0) is 14.4 Å². The first-order valence-electron chi connectivity index (χ1n) is 7.48. The lowest BCUT2D eigenvalue weighted by molar-refractivity contribution is -0.305. The summed E-state index contributed by atoms with van der Waals surface area (Å²) in [5.41, 5.74) is 0.397. The van der Waals surface area contributed by atoms with Gasteiger partial charge in [-0.2, -0.15) is 0 Å². The molecular weight excluding hydrogens is 330 g/mol. The number of benzene rings is 1. The number of amides is 1. The van der Waals surface area contributed by atoms with Gasteiger partial charge in [0, 0.05) is 18.9 Å². The molecule has 1 heterocycles. The molecule has 8 nitrogen and oxygen atoms in total. The molecule has 1 atom stereocenters. The largest absolute Gasteiger partial charge is 0.550 e. The van der Waals surface area contributed by atoms with Crippen molar-refractivity contribution >= 4 is 17.7 Å². The average molecular weight is 348 g/mol. The van der Waals surface area contributed by atoms with Crippen molar-refractivity contribution in [2.75, 3.05) is 20.8 Å². The van der Waals surface area contributed by atoms with Crippen molar-refractivity contribution in [2.45, 2.75) is 19.4 Å². The van der Waals surface area contributed by atoms with Crippen LogP contribution in [0, 0.1) is 0 Å². The Hall–Kier alpha value is -3.03. The van der Waals surface area contributed by atoms with Crippen LogP contribution in [0.3, 0.4) is 0 Å². The van der Waals surface area contributed by atoms with Crippen LogP contribution in [0.2, 0.25) is 0 Å². The number of nitrogens with zero attached hydrogens (tertiary/aromatic N) is 1. The second-order valence-corrected chi connectivity index (χ2v) is 5.46. The summed E-state index contributed by atoms with van der Waals surface area (Å²) in [5, 5.41) is 20.8. The molecule has 0 radical (unpaired) electrons. The van der Waals surface area contributed by atoms with Gasteiger partial charge >= 0.3 is 0 Å². The molecule has 1 aromatic rings. The highest BCUT2D eigenvalue weighted by molar-refractivity contribution is 6.08. The monoisotopic (exact) mass is 348 g/mol.